The number of fused-ring (bicyclic) bond motifs is 1. The molecular weight excluding hydrogens is 459 g/mol. The van der Waals surface area contributed by atoms with Crippen molar-refractivity contribution in [1.82, 2.24) is 14.8 Å². The molecule has 0 fully saturated rings. The van der Waals surface area contributed by atoms with Crippen molar-refractivity contribution in [2.45, 2.75) is 19.1 Å². The van der Waals surface area contributed by atoms with E-state index in [9.17, 15) is 22.8 Å². The van der Waals surface area contributed by atoms with Crippen molar-refractivity contribution in [2.75, 3.05) is 23.9 Å². The van der Waals surface area contributed by atoms with Crippen LogP contribution < -0.4 is 15.0 Å². The normalized spacial score (nSPS) is 15.5. The highest BCUT2D eigenvalue weighted by atomic mass is 32.1. The molecule has 1 aliphatic heterocycles. The van der Waals surface area contributed by atoms with Crippen LogP contribution in [0.25, 0.3) is 0 Å². The highest BCUT2D eigenvalue weighted by Crippen LogP contribution is 2.37. The summed E-state index contributed by atoms with van der Waals surface area (Å²) in [5, 5.41) is 6.88. The fourth-order valence-corrected chi connectivity index (χ4v) is 3.49. The second-order valence-electron chi connectivity index (χ2n) is 7.16. The number of halogens is 3. The number of methoxy groups -OCH3 is 1. The molecule has 33 heavy (non-hydrogen) atoms. The van der Waals surface area contributed by atoms with Crippen molar-refractivity contribution in [1.29, 1.82) is 0 Å². The van der Waals surface area contributed by atoms with Gasteiger partial charge in [0.25, 0.3) is 11.8 Å². The Morgan fingerprint density at radius 1 is 1.18 bits per heavy atom. The van der Waals surface area contributed by atoms with E-state index in [0.29, 0.717) is 5.56 Å². The topological polar surface area (TPSA) is 89.3 Å². The molecular formula is C21H20F3N5O3S. The second-order valence-corrected chi connectivity index (χ2v) is 7.16. The average Bonchev–Trinajstić information content (AvgIpc) is 3.20. The molecule has 3 heterocycles. The van der Waals surface area contributed by atoms with Gasteiger partial charge in [-0.15, -0.1) is 0 Å². The van der Waals surface area contributed by atoms with Gasteiger partial charge in [0, 0.05) is 12.1 Å². The smallest absolute Gasteiger partial charge is 0.421 e. The molecule has 0 radical (unpaired) electrons. The molecule has 1 N–H and O–H groups in total. The molecule has 8 nitrogen and oxygen atoms in total. The maximum absolute atomic E-state index is 13.3. The third-order valence-corrected chi connectivity index (χ3v) is 5.01. The molecule has 0 saturated carbocycles. The summed E-state index contributed by atoms with van der Waals surface area (Å²) in [5.74, 6) is -1.61. The van der Waals surface area contributed by atoms with E-state index in [1.54, 1.807) is 37.3 Å². The van der Waals surface area contributed by atoms with Crippen LogP contribution in [0.4, 0.5) is 24.7 Å². The van der Waals surface area contributed by atoms with E-state index < -0.39 is 29.4 Å². The first-order chi connectivity index (χ1) is 15.2. The summed E-state index contributed by atoms with van der Waals surface area (Å²) in [4.78, 5) is 30.9. The van der Waals surface area contributed by atoms with Crippen LogP contribution in [0.1, 0.15) is 39.4 Å². The maximum atomic E-state index is 13.3. The standard InChI is InChI=1S/C21H18F3N5O3.H2S/c1-12-11-28(16-9-8-14(21(22,23)24)19(27-16)32-2)20(31)17-15(10-25-29(12)17)26-18(30)13-6-4-3-5-7-13;/h3-10,12H,11H2,1-2H3,(H,26,30);1H2/t12-;/m0./s1. The van der Waals surface area contributed by atoms with Crippen LogP contribution in [0, 0.1) is 0 Å². The van der Waals surface area contributed by atoms with E-state index in [-0.39, 0.29) is 43.3 Å². The molecule has 1 aromatic carbocycles. The van der Waals surface area contributed by atoms with Crippen LogP contribution in [0.15, 0.2) is 48.7 Å². The van der Waals surface area contributed by atoms with Crippen LogP contribution in [0.3, 0.4) is 0 Å². The second kappa shape index (κ2) is 9.14. The van der Waals surface area contributed by atoms with E-state index in [0.717, 1.165) is 19.2 Å². The van der Waals surface area contributed by atoms with Gasteiger partial charge in [0.1, 0.15) is 11.4 Å². The summed E-state index contributed by atoms with van der Waals surface area (Å²) < 4.78 is 45.8. The Bertz CT molecular complexity index is 1180. The SMILES string of the molecule is COc1nc(N2C[C@H](C)n3ncc(NC(=O)c4ccccc4)c3C2=O)ccc1C(F)(F)F.S. The molecule has 0 aliphatic carbocycles. The summed E-state index contributed by atoms with van der Waals surface area (Å²) >= 11 is 0. The quantitative estimate of drug-likeness (QED) is 0.613. The van der Waals surface area contributed by atoms with Gasteiger partial charge in [0.05, 0.1) is 25.0 Å². The molecule has 1 aliphatic rings. The Kier molecular flexibility index (Phi) is 6.68. The van der Waals surface area contributed by atoms with Crippen LogP contribution in [-0.2, 0) is 6.18 Å². The lowest BCUT2D eigenvalue weighted by molar-refractivity contribution is -0.139. The van der Waals surface area contributed by atoms with Gasteiger partial charge in [-0.2, -0.15) is 36.7 Å². The summed E-state index contributed by atoms with van der Waals surface area (Å²) in [6.07, 6.45) is -3.28. The molecule has 0 spiro atoms. The van der Waals surface area contributed by atoms with E-state index >= 15 is 0 Å². The molecule has 1 atom stereocenters. The molecule has 2 amide bonds. The average molecular weight is 479 g/mol. The summed E-state index contributed by atoms with van der Waals surface area (Å²) in [6, 6.07) is 10.1. The number of nitrogens with one attached hydrogen (secondary N) is 1. The number of pyridine rings is 1. The van der Waals surface area contributed by atoms with E-state index in [1.807, 2.05) is 0 Å². The number of carbonyl (C=O) groups excluding carboxylic acids is 2. The maximum Gasteiger partial charge on any atom is 0.421 e. The Morgan fingerprint density at radius 2 is 1.88 bits per heavy atom. The highest BCUT2D eigenvalue weighted by Gasteiger charge is 2.38. The zero-order chi connectivity index (χ0) is 23.0. The number of benzene rings is 1. The Labute approximate surface area is 193 Å². The molecule has 4 rings (SSSR count). The molecule has 0 unspecified atom stereocenters. The minimum atomic E-state index is -4.65. The van der Waals surface area contributed by atoms with E-state index in [1.165, 1.54) is 15.8 Å². The fourth-order valence-electron chi connectivity index (χ4n) is 3.49. The minimum absolute atomic E-state index is 0. The molecule has 0 bridgehead atoms. The number of anilines is 2. The number of rotatable bonds is 4. The highest BCUT2D eigenvalue weighted by molar-refractivity contribution is 7.59. The lowest BCUT2D eigenvalue weighted by Gasteiger charge is -2.31. The van der Waals surface area contributed by atoms with Crippen LogP contribution in [-0.4, -0.2) is 40.2 Å². The third-order valence-electron chi connectivity index (χ3n) is 5.01. The fraction of sp³-hybridized carbons (Fsp3) is 0.238. The first-order valence-electron chi connectivity index (χ1n) is 9.58. The van der Waals surface area contributed by atoms with Gasteiger partial charge in [0.15, 0.2) is 5.69 Å². The zero-order valence-electron chi connectivity index (χ0n) is 17.6. The van der Waals surface area contributed by atoms with Crippen molar-refractivity contribution in [3.8, 4) is 5.88 Å². The number of ether oxygens (including phenoxy) is 1. The predicted octanol–water partition coefficient (Wildman–Crippen LogP) is 3.89. The zero-order valence-corrected chi connectivity index (χ0v) is 18.6. The van der Waals surface area contributed by atoms with E-state index in [4.69, 9.17) is 4.74 Å². The minimum Gasteiger partial charge on any atom is -0.481 e. The van der Waals surface area contributed by atoms with Crippen LogP contribution >= 0.6 is 13.5 Å². The largest absolute Gasteiger partial charge is 0.481 e. The lowest BCUT2D eigenvalue weighted by atomic mass is 10.1. The number of carbonyl (C=O) groups is 2. The number of hydrogen-bond donors (Lipinski definition) is 1. The third kappa shape index (κ3) is 4.51. The molecule has 12 heteroatoms. The summed E-state index contributed by atoms with van der Waals surface area (Å²) in [5.41, 5.74) is -0.343. The lowest BCUT2D eigenvalue weighted by Crippen LogP contribution is -2.43. The Hall–Kier alpha value is -3.54. The summed E-state index contributed by atoms with van der Waals surface area (Å²) in [6.45, 7) is 1.92. The molecule has 2 aromatic heterocycles. The number of aromatic nitrogens is 3. The van der Waals surface area contributed by atoms with Gasteiger partial charge in [-0.1, -0.05) is 18.2 Å². The molecule has 174 valence electrons. The van der Waals surface area contributed by atoms with Crippen molar-refractivity contribution < 1.29 is 27.5 Å². The van der Waals surface area contributed by atoms with Gasteiger partial charge in [0.2, 0.25) is 5.88 Å². The first kappa shape index (κ1) is 24.1. The van der Waals surface area contributed by atoms with Gasteiger partial charge >= 0.3 is 6.18 Å². The van der Waals surface area contributed by atoms with Crippen LogP contribution in [0.5, 0.6) is 5.88 Å². The number of amides is 2. The van der Waals surface area contributed by atoms with Gasteiger partial charge in [-0.05, 0) is 31.2 Å². The van der Waals surface area contributed by atoms with Crippen molar-refractivity contribution in [2.24, 2.45) is 0 Å². The van der Waals surface area contributed by atoms with Gasteiger partial charge in [-0.25, -0.2) is 0 Å². The van der Waals surface area contributed by atoms with Gasteiger partial charge in [-0.3, -0.25) is 19.2 Å². The van der Waals surface area contributed by atoms with E-state index in [2.05, 4.69) is 15.4 Å². The van der Waals surface area contributed by atoms with Crippen molar-refractivity contribution >= 4 is 36.8 Å². The Balaban J connectivity index is 0.00000306. The summed E-state index contributed by atoms with van der Waals surface area (Å²) in [7, 11) is 1.08. The van der Waals surface area contributed by atoms with Crippen LogP contribution in [0.2, 0.25) is 0 Å². The first-order valence-corrected chi connectivity index (χ1v) is 9.58. The number of hydrogen-bond acceptors (Lipinski definition) is 5. The monoisotopic (exact) mass is 479 g/mol. The number of alkyl halides is 3. The molecule has 3 aromatic rings. The van der Waals surface area contributed by atoms with Crippen molar-refractivity contribution in [3.63, 3.8) is 0 Å². The van der Waals surface area contributed by atoms with Crippen molar-refractivity contribution in [3.05, 3.63) is 65.5 Å². The predicted molar refractivity (Wildman–Crippen MR) is 119 cm³/mol. The molecule has 0 saturated heterocycles. The van der Waals surface area contributed by atoms with Gasteiger partial charge < -0.3 is 10.1 Å². The number of nitrogens with zero attached hydrogens (tertiary/aromatic N) is 4. The Morgan fingerprint density at radius 3 is 2.52 bits per heavy atom.